The maximum Gasteiger partial charge on any atom is 0.328 e. The Morgan fingerprint density at radius 1 is 1.53 bits per heavy atom. The van der Waals surface area contributed by atoms with Crippen LogP contribution in [0.25, 0.3) is 6.08 Å². The number of anilines is 1. The molecule has 1 aromatic rings. The SMILES string of the molecule is CCCN(c1ccc(Br)cc1/C=C/C(=O)O)C1CC1. The Bertz CT molecular complexity index is 495. The molecule has 0 amide bonds. The van der Waals surface area contributed by atoms with Crippen molar-refractivity contribution in [1.29, 1.82) is 0 Å². The van der Waals surface area contributed by atoms with Gasteiger partial charge in [-0.15, -0.1) is 0 Å². The van der Waals surface area contributed by atoms with Crippen molar-refractivity contribution in [2.75, 3.05) is 11.4 Å². The number of carbonyl (C=O) groups is 1. The van der Waals surface area contributed by atoms with Gasteiger partial charge in [0.2, 0.25) is 0 Å². The molecule has 1 aliphatic rings. The van der Waals surface area contributed by atoms with Crippen molar-refractivity contribution in [2.45, 2.75) is 32.2 Å². The van der Waals surface area contributed by atoms with E-state index < -0.39 is 5.97 Å². The van der Waals surface area contributed by atoms with E-state index in [9.17, 15) is 4.79 Å². The maximum atomic E-state index is 10.7. The normalized spacial score (nSPS) is 14.8. The summed E-state index contributed by atoms with van der Waals surface area (Å²) in [5.74, 6) is -0.917. The lowest BCUT2D eigenvalue weighted by Gasteiger charge is -2.26. The van der Waals surface area contributed by atoms with E-state index in [1.807, 2.05) is 12.1 Å². The third kappa shape index (κ3) is 3.83. The van der Waals surface area contributed by atoms with Gasteiger partial charge in [-0.1, -0.05) is 22.9 Å². The first kappa shape index (κ1) is 14.1. The lowest BCUT2D eigenvalue weighted by Crippen LogP contribution is -2.27. The first-order valence-electron chi connectivity index (χ1n) is 6.59. The highest BCUT2D eigenvalue weighted by atomic mass is 79.9. The highest BCUT2D eigenvalue weighted by molar-refractivity contribution is 9.10. The Kier molecular flexibility index (Phi) is 4.64. The van der Waals surface area contributed by atoms with Crippen LogP contribution in [0, 0.1) is 0 Å². The third-order valence-corrected chi connectivity index (χ3v) is 3.65. The minimum atomic E-state index is -0.917. The van der Waals surface area contributed by atoms with Crippen LogP contribution in [0.2, 0.25) is 0 Å². The number of halogens is 1. The molecule has 0 spiro atoms. The van der Waals surface area contributed by atoms with E-state index in [0.717, 1.165) is 28.7 Å². The number of carboxylic acids is 1. The second-order valence-electron chi connectivity index (χ2n) is 4.80. The minimum absolute atomic E-state index is 0.623. The number of benzene rings is 1. The topological polar surface area (TPSA) is 40.5 Å². The summed E-state index contributed by atoms with van der Waals surface area (Å²) in [6, 6.07) is 6.68. The van der Waals surface area contributed by atoms with Gasteiger partial charge in [0, 0.05) is 28.8 Å². The van der Waals surface area contributed by atoms with Gasteiger partial charge in [-0.2, -0.15) is 0 Å². The first-order chi connectivity index (χ1) is 9.11. The van der Waals surface area contributed by atoms with Gasteiger partial charge in [0.25, 0.3) is 0 Å². The van der Waals surface area contributed by atoms with Gasteiger partial charge in [0.1, 0.15) is 0 Å². The molecule has 1 aromatic carbocycles. The number of hydrogen-bond acceptors (Lipinski definition) is 2. The number of aliphatic carboxylic acids is 1. The molecule has 19 heavy (non-hydrogen) atoms. The zero-order chi connectivity index (χ0) is 13.8. The van der Waals surface area contributed by atoms with E-state index in [1.54, 1.807) is 6.08 Å². The van der Waals surface area contributed by atoms with Crippen LogP contribution in [0.1, 0.15) is 31.7 Å². The zero-order valence-electron chi connectivity index (χ0n) is 11.0. The zero-order valence-corrected chi connectivity index (χ0v) is 12.6. The van der Waals surface area contributed by atoms with E-state index in [-0.39, 0.29) is 0 Å². The van der Waals surface area contributed by atoms with Crippen LogP contribution in [0.3, 0.4) is 0 Å². The molecule has 1 fully saturated rings. The van der Waals surface area contributed by atoms with Gasteiger partial charge >= 0.3 is 5.97 Å². The molecule has 0 saturated heterocycles. The number of nitrogens with zero attached hydrogens (tertiary/aromatic N) is 1. The smallest absolute Gasteiger partial charge is 0.328 e. The molecule has 0 atom stereocenters. The fourth-order valence-electron chi connectivity index (χ4n) is 2.21. The van der Waals surface area contributed by atoms with E-state index in [1.165, 1.54) is 18.9 Å². The molecule has 0 aromatic heterocycles. The summed E-state index contributed by atoms with van der Waals surface area (Å²) in [5.41, 5.74) is 2.09. The van der Waals surface area contributed by atoms with E-state index in [4.69, 9.17) is 5.11 Å². The fraction of sp³-hybridized carbons (Fsp3) is 0.400. The van der Waals surface area contributed by atoms with Crippen molar-refractivity contribution >= 4 is 33.7 Å². The summed E-state index contributed by atoms with van der Waals surface area (Å²) in [4.78, 5) is 13.1. The van der Waals surface area contributed by atoms with Crippen LogP contribution in [0.4, 0.5) is 5.69 Å². The first-order valence-corrected chi connectivity index (χ1v) is 7.38. The molecule has 0 bridgehead atoms. The van der Waals surface area contributed by atoms with Crippen molar-refractivity contribution in [3.05, 3.63) is 34.3 Å². The Labute approximate surface area is 122 Å². The molecule has 1 saturated carbocycles. The van der Waals surface area contributed by atoms with Crippen molar-refractivity contribution < 1.29 is 9.90 Å². The average Bonchev–Trinajstić information content (AvgIpc) is 3.18. The quantitative estimate of drug-likeness (QED) is 0.806. The molecule has 0 unspecified atom stereocenters. The Hall–Kier alpha value is -1.29. The summed E-state index contributed by atoms with van der Waals surface area (Å²) >= 11 is 3.44. The van der Waals surface area contributed by atoms with Gasteiger partial charge < -0.3 is 10.0 Å². The number of hydrogen-bond donors (Lipinski definition) is 1. The second-order valence-corrected chi connectivity index (χ2v) is 5.71. The van der Waals surface area contributed by atoms with Crippen LogP contribution in [0.15, 0.2) is 28.7 Å². The van der Waals surface area contributed by atoms with Gasteiger partial charge in [-0.25, -0.2) is 4.79 Å². The van der Waals surface area contributed by atoms with Gasteiger partial charge in [-0.05, 0) is 49.1 Å². The van der Waals surface area contributed by atoms with Crippen molar-refractivity contribution in [3.8, 4) is 0 Å². The Morgan fingerprint density at radius 3 is 2.84 bits per heavy atom. The molecule has 2 rings (SSSR count). The summed E-state index contributed by atoms with van der Waals surface area (Å²) in [6.45, 7) is 3.18. The van der Waals surface area contributed by atoms with Crippen molar-refractivity contribution in [2.24, 2.45) is 0 Å². The molecule has 3 nitrogen and oxygen atoms in total. The molecular formula is C15H18BrNO2. The van der Waals surface area contributed by atoms with Crippen molar-refractivity contribution in [1.82, 2.24) is 0 Å². The van der Waals surface area contributed by atoms with Crippen molar-refractivity contribution in [3.63, 3.8) is 0 Å². The summed E-state index contributed by atoms with van der Waals surface area (Å²) in [7, 11) is 0. The lowest BCUT2D eigenvalue weighted by molar-refractivity contribution is -0.131. The van der Waals surface area contributed by atoms with Gasteiger partial charge in [0.15, 0.2) is 0 Å². The van der Waals surface area contributed by atoms with Crippen LogP contribution in [0.5, 0.6) is 0 Å². The van der Waals surface area contributed by atoms with Gasteiger partial charge in [0.05, 0.1) is 0 Å². The van der Waals surface area contributed by atoms with Crippen LogP contribution < -0.4 is 4.90 Å². The Balaban J connectivity index is 2.34. The standard InChI is InChI=1S/C15H18BrNO2/c1-2-9-17(13-5-6-13)14-7-4-12(16)10-11(14)3-8-15(18)19/h3-4,7-8,10,13H,2,5-6,9H2,1H3,(H,18,19)/b8-3+. The molecule has 0 aliphatic heterocycles. The maximum absolute atomic E-state index is 10.7. The molecular weight excluding hydrogens is 306 g/mol. The predicted octanol–water partition coefficient (Wildman–Crippen LogP) is 3.93. The predicted molar refractivity (Wildman–Crippen MR) is 81.5 cm³/mol. The largest absolute Gasteiger partial charge is 0.478 e. The van der Waals surface area contributed by atoms with Gasteiger partial charge in [-0.3, -0.25) is 0 Å². The molecule has 1 aliphatic carbocycles. The average molecular weight is 324 g/mol. The molecule has 0 heterocycles. The molecule has 102 valence electrons. The van der Waals surface area contributed by atoms with Crippen LogP contribution in [-0.4, -0.2) is 23.7 Å². The number of rotatable bonds is 6. The third-order valence-electron chi connectivity index (χ3n) is 3.16. The highest BCUT2D eigenvalue weighted by Gasteiger charge is 2.29. The van der Waals surface area contributed by atoms with E-state index in [0.29, 0.717) is 6.04 Å². The molecule has 0 radical (unpaired) electrons. The molecule has 1 N–H and O–H groups in total. The van der Waals surface area contributed by atoms with E-state index >= 15 is 0 Å². The lowest BCUT2D eigenvalue weighted by atomic mass is 10.1. The summed E-state index contributed by atoms with van der Waals surface area (Å²) < 4.78 is 0.966. The van der Waals surface area contributed by atoms with E-state index in [2.05, 4.69) is 33.8 Å². The van der Waals surface area contributed by atoms with Crippen LogP contribution in [-0.2, 0) is 4.79 Å². The summed E-state index contributed by atoms with van der Waals surface area (Å²) in [5, 5.41) is 8.79. The monoisotopic (exact) mass is 323 g/mol. The Morgan fingerprint density at radius 2 is 2.26 bits per heavy atom. The number of carboxylic acid groups (broad SMARTS) is 1. The fourth-order valence-corrected chi connectivity index (χ4v) is 2.59. The minimum Gasteiger partial charge on any atom is -0.478 e. The molecule has 4 heteroatoms. The highest BCUT2D eigenvalue weighted by Crippen LogP contribution is 2.35. The second kappa shape index (κ2) is 6.24. The summed E-state index contributed by atoms with van der Waals surface area (Å²) in [6.07, 6.45) is 6.43. The van der Waals surface area contributed by atoms with Crippen LogP contribution >= 0.6 is 15.9 Å².